The maximum Gasteiger partial charge on any atom is 0.205 e. The van der Waals surface area contributed by atoms with Crippen molar-refractivity contribution < 1.29 is 14.3 Å². The van der Waals surface area contributed by atoms with Gasteiger partial charge in [0.1, 0.15) is 23.2 Å². The lowest BCUT2D eigenvalue weighted by molar-refractivity contribution is -0.116. The normalized spacial score (nSPS) is 20.7. The highest BCUT2D eigenvalue weighted by molar-refractivity contribution is 5.98. The molecule has 2 N–H and O–H groups in total. The number of allylic oxidation sites excluding steroid dienone is 4. The van der Waals surface area contributed by atoms with Gasteiger partial charge in [0.25, 0.3) is 0 Å². The fourth-order valence-electron chi connectivity index (χ4n) is 3.01. The first-order chi connectivity index (χ1) is 11.6. The number of carbonyl (C=O) groups excluding carboxylic acids is 1. The summed E-state index contributed by atoms with van der Waals surface area (Å²) in [6.45, 7) is 0. The summed E-state index contributed by atoms with van der Waals surface area (Å²) < 4.78 is 10.7. The molecule has 1 heterocycles. The molecule has 0 amide bonds. The van der Waals surface area contributed by atoms with Gasteiger partial charge in [-0.05, 0) is 24.1 Å². The van der Waals surface area contributed by atoms with Crippen molar-refractivity contribution in [3.63, 3.8) is 0 Å². The SMILES string of the molecule is COc1ccc(/C=C/C2C(C#N)=C(N)OC3=C2C(=O)CCC3)cc1. The third-order valence-electron chi connectivity index (χ3n) is 4.25. The largest absolute Gasteiger partial charge is 0.497 e. The van der Waals surface area contributed by atoms with Crippen LogP contribution in [0.5, 0.6) is 5.75 Å². The number of ketones is 1. The molecule has 1 unspecified atom stereocenters. The number of carbonyl (C=O) groups is 1. The molecule has 0 bridgehead atoms. The number of methoxy groups -OCH3 is 1. The topological polar surface area (TPSA) is 85.3 Å². The van der Waals surface area contributed by atoms with Crippen LogP contribution in [0, 0.1) is 17.2 Å². The van der Waals surface area contributed by atoms with Crippen LogP contribution in [-0.4, -0.2) is 12.9 Å². The van der Waals surface area contributed by atoms with E-state index in [0.717, 1.165) is 17.7 Å². The molecule has 1 aromatic rings. The second-order valence-electron chi connectivity index (χ2n) is 5.72. The number of rotatable bonds is 3. The van der Waals surface area contributed by atoms with Crippen LogP contribution in [0.2, 0.25) is 0 Å². The molecule has 24 heavy (non-hydrogen) atoms. The average molecular weight is 322 g/mol. The van der Waals surface area contributed by atoms with Crippen molar-refractivity contribution in [1.82, 2.24) is 0 Å². The maximum atomic E-state index is 12.3. The van der Waals surface area contributed by atoms with Crippen molar-refractivity contribution in [2.45, 2.75) is 19.3 Å². The van der Waals surface area contributed by atoms with Gasteiger partial charge in [-0.3, -0.25) is 4.79 Å². The zero-order valence-corrected chi connectivity index (χ0v) is 13.4. The van der Waals surface area contributed by atoms with E-state index in [9.17, 15) is 10.1 Å². The van der Waals surface area contributed by atoms with E-state index in [4.69, 9.17) is 15.2 Å². The van der Waals surface area contributed by atoms with Gasteiger partial charge in [-0.1, -0.05) is 24.3 Å². The number of hydrogen-bond donors (Lipinski definition) is 1. The Labute approximate surface area is 140 Å². The second kappa shape index (κ2) is 6.63. The quantitative estimate of drug-likeness (QED) is 0.924. The fourth-order valence-corrected chi connectivity index (χ4v) is 3.01. The summed E-state index contributed by atoms with van der Waals surface area (Å²) in [4.78, 5) is 12.3. The smallest absolute Gasteiger partial charge is 0.205 e. The Morgan fingerprint density at radius 2 is 2.08 bits per heavy atom. The first-order valence-electron chi connectivity index (χ1n) is 7.80. The minimum Gasteiger partial charge on any atom is -0.497 e. The van der Waals surface area contributed by atoms with Crippen LogP contribution >= 0.6 is 0 Å². The Morgan fingerprint density at radius 1 is 1.33 bits per heavy atom. The van der Waals surface area contributed by atoms with E-state index >= 15 is 0 Å². The molecule has 3 rings (SSSR count). The van der Waals surface area contributed by atoms with Gasteiger partial charge in [0.05, 0.1) is 7.11 Å². The van der Waals surface area contributed by atoms with Crippen molar-refractivity contribution in [1.29, 1.82) is 5.26 Å². The number of nitriles is 1. The number of hydrogen-bond acceptors (Lipinski definition) is 5. The van der Waals surface area contributed by atoms with Crippen molar-refractivity contribution in [2.24, 2.45) is 11.7 Å². The van der Waals surface area contributed by atoms with Crippen LogP contribution in [0.25, 0.3) is 6.08 Å². The standard InChI is InChI=1S/C19H18N2O3/c1-23-13-8-5-12(6-9-13)7-10-14-15(11-20)19(21)24-17-4-2-3-16(22)18(14)17/h5-10,14H,2-4,21H2,1H3/b10-7+. The van der Waals surface area contributed by atoms with Gasteiger partial charge in [0, 0.05) is 24.3 Å². The molecule has 0 radical (unpaired) electrons. The summed E-state index contributed by atoms with van der Waals surface area (Å²) in [6.07, 6.45) is 5.63. The molecule has 5 heteroatoms. The number of nitrogens with two attached hydrogens (primary N) is 1. The van der Waals surface area contributed by atoms with Gasteiger partial charge >= 0.3 is 0 Å². The summed E-state index contributed by atoms with van der Waals surface area (Å²) in [5.41, 5.74) is 7.68. The summed E-state index contributed by atoms with van der Waals surface area (Å²) >= 11 is 0. The van der Waals surface area contributed by atoms with Gasteiger partial charge in [-0.25, -0.2) is 0 Å². The Bertz CT molecular complexity index is 795. The molecular weight excluding hydrogens is 304 g/mol. The van der Waals surface area contributed by atoms with Crippen LogP contribution in [0.3, 0.4) is 0 Å². The Balaban J connectivity index is 1.96. The van der Waals surface area contributed by atoms with Gasteiger partial charge in [-0.15, -0.1) is 0 Å². The van der Waals surface area contributed by atoms with Crippen LogP contribution in [0.1, 0.15) is 24.8 Å². The first kappa shape index (κ1) is 15.9. The highest BCUT2D eigenvalue weighted by Crippen LogP contribution is 2.38. The lowest BCUT2D eigenvalue weighted by Gasteiger charge is -2.29. The molecule has 1 atom stereocenters. The second-order valence-corrected chi connectivity index (χ2v) is 5.72. The molecule has 0 fully saturated rings. The van der Waals surface area contributed by atoms with E-state index in [0.29, 0.717) is 24.2 Å². The van der Waals surface area contributed by atoms with Crippen LogP contribution < -0.4 is 10.5 Å². The molecule has 0 saturated carbocycles. The van der Waals surface area contributed by atoms with E-state index in [2.05, 4.69) is 6.07 Å². The van der Waals surface area contributed by atoms with E-state index < -0.39 is 5.92 Å². The molecule has 1 aliphatic heterocycles. The molecule has 1 aliphatic carbocycles. The van der Waals surface area contributed by atoms with Crippen LogP contribution in [0.4, 0.5) is 0 Å². The lowest BCUT2D eigenvalue weighted by Crippen LogP contribution is -2.27. The Hall–Kier alpha value is -3.00. The molecule has 1 aromatic carbocycles. The van der Waals surface area contributed by atoms with Crippen LogP contribution in [0.15, 0.2) is 53.1 Å². The highest BCUT2D eigenvalue weighted by atomic mass is 16.5. The van der Waals surface area contributed by atoms with Crippen molar-refractivity contribution >= 4 is 11.9 Å². The molecule has 2 aliphatic rings. The summed E-state index contributed by atoms with van der Waals surface area (Å²) in [5.74, 6) is 1.05. The first-order valence-corrected chi connectivity index (χ1v) is 7.80. The number of ether oxygens (including phenoxy) is 2. The van der Waals surface area contributed by atoms with E-state index in [1.165, 1.54) is 0 Å². The predicted molar refractivity (Wildman–Crippen MR) is 89.3 cm³/mol. The zero-order valence-electron chi connectivity index (χ0n) is 13.4. The average Bonchev–Trinajstić information content (AvgIpc) is 2.60. The third kappa shape index (κ3) is 2.91. The molecular formula is C19H18N2O3. The van der Waals surface area contributed by atoms with Crippen molar-refractivity contribution in [2.75, 3.05) is 7.11 Å². The number of benzene rings is 1. The predicted octanol–water partition coefficient (Wildman–Crippen LogP) is 3.06. The van der Waals surface area contributed by atoms with Gasteiger partial charge in [-0.2, -0.15) is 5.26 Å². The van der Waals surface area contributed by atoms with E-state index in [1.54, 1.807) is 7.11 Å². The zero-order chi connectivity index (χ0) is 17.1. The minimum absolute atomic E-state index is 0.0286. The van der Waals surface area contributed by atoms with Crippen LogP contribution in [-0.2, 0) is 9.53 Å². The monoisotopic (exact) mass is 322 g/mol. The summed E-state index contributed by atoms with van der Waals surface area (Å²) in [5, 5.41) is 9.42. The minimum atomic E-state index is -0.450. The third-order valence-corrected chi connectivity index (χ3v) is 4.25. The molecule has 0 saturated heterocycles. The highest BCUT2D eigenvalue weighted by Gasteiger charge is 2.35. The van der Waals surface area contributed by atoms with Gasteiger partial charge in [0.15, 0.2) is 5.78 Å². The maximum absolute atomic E-state index is 12.3. The Kier molecular flexibility index (Phi) is 4.39. The molecule has 5 nitrogen and oxygen atoms in total. The van der Waals surface area contributed by atoms with Gasteiger partial charge < -0.3 is 15.2 Å². The number of Topliss-reactive ketones (excluding diaryl/α,β-unsaturated/α-hetero) is 1. The fraction of sp³-hybridized carbons (Fsp3) is 0.263. The van der Waals surface area contributed by atoms with Gasteiger partial charge in [0.2, 0.25) is 5.88 Å². The molecule has 0 aromatic heterocycles. The molecule has 0 spiro atoms. The van der Waals surface area contributed by atoms with E-state index in [1.807, 2.05) is 36.4 Å². The van der Waals surface area contributed by atoms with Crippen molar-refractivity contribution in [3.05, 3.63) is 58.7 Å². The van der Waals surface area contributed by atoms with E-state index in [-0.39, 0.29) is 17.2 Å². The summed E-state index contributed by atoms with van der Waals surface area (Å²) in [7, 11) is 1.61. The van der Waals surface area contributed by atoms with Crippen molar-refractivity contribution in [3.8, 4) is 11.8 Å². The number of nitrogens with zero attached hydrogens (tertiary/aromatic N) is 1. The Morgan fingerprint density at radius 3 is 2.75 bits per heavy atom. The summed E-state index contributed by atoms with van der Waals surface area (Å²) in [6, 6.07) is 9.61. The molecule has 122 valence electrons. The lowest BCUT2D eigenvalue weighted by atomic mass is 9.81.